The van der Waals surface area contributed by atoms with E-state index in [2.05, 4.69) is 5.32 Å². The summed E-state index contributed by atoms with van der Waals surface area (Å²) in [7, 11) is -3.79. The van der Waals surface area contributed by atoms with Crippen LogP contribution in [0.1, 0.15) is 18.5 Å². The summed E-state index contributed by atoms with van der Waals surface area (Å²) in [5, 5.41) is 14.6. The van der Waals surface area contributed by atoms with E-state index in [1.165, 1.54) is 16.4 Å². The van der Waals surface area contributed by atoms with Crippen LogP contribution in [0, 0.1) is 10.1 Å². The van der Waals surface area contributed by atoms with Crippen molar-refractivity contribution in [3.8, 4) is 0 Å². The predicted octanol–water partition coefficient (Wildman–Crippen LogP) is 2.79. The van der Waals surface area contributed by atoms with Crippen molar-refractivity contribution in [3.63, 3.8) is 0 Å². The summed E-state index contributed by atoms with van der Waals surface area (Å²) in [6.07, 6.45) is 0. The van der Waals surface area contributed by atoms with E-state index in [-0.39, 0.29) is 35.4 Å². The van der Waals surface area contributed by atoms with Crippen LogP contribution in [0.3, 0.4) is 0 Å². The third kappa shape index (κ3) is 4.26. The van der Waals surface area contributed by atoms with Crippen molar-refractivity contribution < 1.29 is 18.1 Å². The molecule has 0 bridgehead atoms. The quantitative estimate of drug-likeness (QED) is 0.600. The molecule has 1 N–H and O–H groups in total. The Morgan fingerprint density at radius 1 is 1.15 bits per heavy atom. The smallest absolute Gasteiger partial charge is 0.293 e. The molecule has 0 amide bonds. The van der Waals surface area contributed by atoms with Crippen LogP contribution in [-0.2, 0) is 14.8 Å². The number of nitrogens with one attached hydrogen (secondary N) is 1. The van der Waals surface area contributed by atoms with Gasteiger partial charge in [-0.3, -0.25) is 10.1 Å². The minimum Gasteiger partial charge on any atom is -0.379 e. The molecule has 0 aliphatic carbocycles. The molecule has 0 unspecified atom stereocenters. The fraction of sp³-hybridized carbons (Fsp3) is 0.333. The molecule has 9 heteroatoms. The van der Waals surface area contributed by atoms with Gasteiger partial charge in [-0.1, -0.05) is 30.3 Å². The van der Waals surface area contributed by atoms with Gasteiger partial charge in [0.1, 0.15) is 5.69 Å². The lowest BCUT2D eigenvalue weighted by molar-refractivity contribution is -0.384. The second-order valence-corrected chi connectivity index (χ2v) is 8.17. The third-order valence-electron chi connectivity index (χ3n) is 4.45. The van der Waals surface area contributed by atoms with Crippen LogP contribution in [0.4, 0.5) is 11.4 Å². The molecule has 1 heterocycles. The number of ether oxygens (including phenoxy) is 1. The molecule has 144 valence electrons. The number of rotatable bonds is 6. The maximum atomic E-state index is 12.7. The van der Waals surface area contributed by atoms with Crippen LogP contribution < -0.4 is 5.32 Å². The fourth-order valence-corrected chi connectivity index (χ4v) is 4.37. The van der Waals surface area contributed by atoms with E-state index in [0.29, 0.717) is 13.2 Å². The molecule has 27 heavy (non-hydrogen) atoms. The first-order valence-corrected chi connectivity index (χ1v) is 10.0. The molecule has 1 atom stereocenters. The first-order valence-electron chi connectivity index (χ1n) is 8.57. The molecule has 1 aliphatic heterocycles. The summed E-state index contributed by atoms with van der Waals surface area (Å²) in [6, 6.07) is 13.3. The molecular formula is C18H21N3O5S. The number of hydrogen-bond donors (Lipinski definition) is 1. The third-order valence-corrected chi connectivity index (χ3v) is 6.34. The van der Waals surface area contributed by atoms with E-state index in [9.17, 15) is 18.5 Å². The van der Waals surface area contributed by atoms with Gasteiger partial charge in [0, 0.05) is 25.2 Å². The van der Waals surface area contributed by atoms with Gasteiger partial charge in [0.2, 0.25) is 10.0 Å². The maximum absolute atomic E-state index is 12.7. The summed E-state index contributed by atoms with van der Waals surface area (Å²) in [5.41, 5.74) is 0.973. The van der Waals surface area contributed by atoms with Crippen molar-refractivity contribution in [1.82, 2.24) is 4.31 Å². The standard InChI is InChI=1S/C18H21N3O5S/c1-14(15-5-3-2-4-6-15)19-17-8-7-16(13-18(17)21(22)23)27(24,25)20-9-11-26-12-10-20/h2-8,13-14,19H,9-12H2,1H3/t14-/m1/s1. The Kier molecular flexibility index (Phi) is 5.73. The lowest BCUT2D eigenvalue weighted by Gasteiger charge is -2.26. The average molecular weight is 391 g/mol. The number of morpholine rings is 1. The summed E-state index contributed by atoms with van der Waals surface area (Å²) < 4.78 is 31.9. The van der Waals surface area contributed by atoms with Crippen molar-refractivity contribution >= 4 is 21.4 Å². The van der Waals surface area contributed by atoms with Crippen LogP contribution in [0.25, 0.3) is 0 Å². The largest absolute Gasteiger partial charge is 0.379 e. The van der Waals surface area contributed by atoms with Gasteiger partial charge in [0.15, 0.2) is 0 Å². The minimum atomic E-state index is -3.79. The Morgan fingerprint density at radius 3 is 2.44 bits per heavy atom. The monoisotopic (exact) mass is 391 g/mol. The van der Waals surface area contributed by atoms with Crippen molar-refractivity contribution in [1.29, 1.82) is 0 Å². The number of benzene rings is 2. The highest BCUT2D eigenvalue weighted by Gasteiger charge is 2.29. The van der Waals surface area contributed by atoms with Crippen molar-refractivity contribution in [2.45, 2.75) is 17.9 Å². The molecular weight excluding hydrogens is 370 g/mol. The van der Waals surface area contributed by atoms with E-state index < -0.39 is 14.9 Å². The van der Waals surface area contributed by atoms with Gasteiger partial charge in [-0.05, 0) is 24.6 Å². The Morgan fingerprint density at radius 2 is 1.81 bits per heavy atom. The number of nitro groups is 1. The number of anilines is 1. The zero-order chi connectivity index (χ0) is 19.4. The number of hydrogen-bond acceptors (Lipinski definition) is 6. The van der Waals surface area contributed by atoms with E-state index >= 15 is 0 Å². The zero-order valence-corrected chi connectivity index (χ0v) is 15.7. The second-order valence-electron chi connectivity index (χ2n) is 6.23. The fourth-order valence-electron chi connectivity index (χ4n) is 2.94. The van der Waals surface area contributed by atoms with Gasteiger partial charge in [-0.15, -0.1) is 0 Å². The zero-order valence-electron chi connectivity index (χ0n) is 14.9. The first kappa shape index (κ1) is 19.3. The van der Waals surface area contributed by atoms with E-state index in [4.69, 9.17) is 4.74 Å². The molecule has 0 spiro atoms. The van der Waals surface area contributed by atoms with Gasteiger partial charge in [0.05, 0.1) is 23.0 Å². The molecule has 1 aliphatic rings. The number of nitro benzene ring substituents is 1. The molecule has 0 aromatic heterocycles. The van der Waals surface area contributed by atoms with Crippen LogP contribution in [0.15, 0.2) is 53.4 Å². The van der Waals surface area contributed by atoms with Crippen LogP contribution in [0.5, 0.6) is 0 Å². The second kappa shape index (κ2) is 8.03. The summed E-state index contributed by atoms with van der Waals surface area (Å²) >= 11 is 0. The van der Waals surface area contributed by atoms with Gasteiger partial charge >= 0.3 is 0 Å². The highest BCUT2D eigenvalue weighted by molar-refractivity contribution is 7.89. The Balaban J connectivity index is 1.90. The van der Waals surface area contributed by atoms with Crippen LogP contribution >= 0.6 is 0 Å². The topological polar surface area (TPSA) is 102 Å². The lowest BCUT2D eigenvalue weighted by atomic mass is 10.1. The van der Waals surface area contributed by atoms with Gasteiger partial charge in [0.25, 0.3) is 5.69 Å². The van der Waals surface area contributed by atoms with Crippen molar-refractivity contribution in [3.05, 3.63) is 64.2 Å². The molecule has 2 aromatic carbocycles. The summed E-state index contributed by atoms with van der Waals surface area (Å²) in [6.45, 7) is 2.99. The molecule has 8 nitrogen and oxygen atoms in total. The first-order chi connectivity index (χ1) is 12.9. The lowest BCUT2D eigenvalue weighted by Crippen LogP contribution is -2.40. The molecule has 1 fully saturated rings. The van der Waals surface area contributed by atoms with Gasteiger partial charge in [-0.2, -0.15) is 4.31 Å². The number of sulfonamides is 1. The SMILES string of the molecule is C[C@@H](Nc1ccc(S(=O)(=O)N2CCOCC2)cc1[N+](=O)[O-])c1ccccc1. The Bertz CT molecular complexity index is 912. The Hall–Kier alpha value is -2.49. The predicted molar refractivity (Wildman–Crippen MR) is 101 cm³/mol. The van der Waals surface area contributed by atoms with Crippen molar-refractivity contribution in [2.75, 3.05) is 31.6 Å². The van der Waals surface area contributed by atoms with Crippen molar-refractivity contribution in [2.24, 2.45) is 0 Å². The highest BCUT2D eigenvalue weighted by atomic mass is 32.2. The molecule has 3 rings (SSSR count). The summed E-state index contributed by atoms with van der Waals surface area (Å²) in [4.78, 5) is 10.9. The van der Waals surface area contributed by atoms with E-state index in [1.54, 1.807) is 0 Å². The minimum absolute atomic E-state index is 0.0889. The Labute approximate surface area is 158 Å². The molecule has 0 saturated carbocycles. The average Bonchev–Trinajstić information content (AvgIpc) is 2.69. The van der Waals surface area contributed by atoms with Gasteiger partial charge in [-0.25, -0.2) is 8.42 Å². The van der Waals surface area contributed by atoms with E-state index in [1.807, 2.05) is 37.3 Å². The molecule has 1 saturated heterocycles. The normalized spacial score (nSPS) is 16.6. The van der Waals surface area contributed by atoms with E-state index in [0.717, 1.165) is 11.6 Å². The van der Waals surface area contributed by atoms with Crippen LogP contribution in [-0.4, -0.2) is 43.9 Å². The van der Waals surface area contributed by atoms with Crippen LogP contribution in [0.2, 0.25) is 0 Å². The summed E-state index contributed by atoms with van der Waals surface area (Å²) in [5.74, 6) is 0. The highest BCUT2D eigenvalue weighted by Crippen LogP contribution is 2.31. The number of nitrogens with zero attached hydrogens (tertiary/aromatic N) is 2. The maximum Gasteiger partial charge on any atom is 0.293 e. The molecule has 2 aromatic rings. The molecule has 0 radical (unpaired) electrons. The van der Waals surface area contributed by atoms with Gasteiger partial charge < -0.3 is 10.1 Å².